The standard InChI is InChI=1S/C27H28ClN3O5S/c1-16-11-21(18(3)30(16)17(2)14-34-4)24(32)15-37-27-29-23(13-20-7-6-10-36-20)26(33)31(27)19-8-9-25(35-5)22(28)12-19/h6-13,17H,14-15H2,1-5H3/b23-13+. The third-order valence-corrected chi connectivity index (χ3v) is 7.25. The molecule has 4 rings (SSSR count). The van der Waals surface area contributed by atoms with E-state index >= 15 is 0 Å². The van der Waals surface area contributed by atoms with Gasteiger partial charge >= 0.3 is 0 Å². The van der Waals surface area contributed by atoms with Gasteiger partial charge in [0.15, 0.2) is 11.0 Å². The molecule has 1 aromatic carbocycles. The Labute approximate surface area is 224 Å². The maximum Gasteiger partial charge on any atom is 0.283 e. The van der Waals surface area contributed by atoms with E-state index in [0.29, 0.717) is 39.6 Å². The molecule has 1 amide bonds. The van der Waals surface area contributed by atoms with Gasteiger partial charge in [0.05, 0.1) is 42.5 Å². The molecule has 1 aliphatic heterocycles. The molecule has 0 saturated heterocycles. The zero-order chi connectivity index (χ0) is 26.7. The summed E-state index contributed by atoms with van der Waals surface area (Å²) in [6, 6.07) is 10.5. The highest BCUT2D eigenvalue weighted by Gasteiger charge is 2.33. The molecule has 0 aliphatic carbocycles. The number of benzene rings is 1. The predicted octanol–water partition coefficient (Wildman–Crippen LogP) is 5.93. The summed E-state index contributed by atoms with van der Waals surface area (Å²) in [5, 5.41) is 0.730. The number of ketones is 1. The lowest BCUT2D eigenvalue weighted by atomic mass is 10.2. The fourth-order valence-electron chi connectivity index (χ4n) is 4.38. The summed E-state index contributed by atoms with van der Waals surface area (Å²) in [5.41, 5.74) is 3.23. The summed E-state index contributed by atoms with van der Waals surface area (Å²) in [4.78, 5) is 32.6. The van der Waals surface area contributed by atoms with Crippen molar-refractivity contribution in [1.82, 2.24) is 4.57 Å². The first-order valence-corrected chi connectivity index (χ1v) is 13.0. The third-order valence-electron chi connectivity index (χ3n) is 6.01. The van der Waals surface area contributed by atoms with Crippen LogP contribution in [0.2, 0.25) is 5.02 Å². The van der Waals surface area contributed by atoms with Crippen molar-refractivity contribution in [3.05, 3.63) is 76.1 Å². The highest BCUT2D eigenvalue weighted by molar-refractivity contribution is 8.14. The van der Waals surface area contributed by atoms with Gasteiger partial charge in [0.25, 0.3) is 5.91 Å². The molecule has 1 aliphatic rings. The molecular weight excluding hydrogens is 514 g/mol. The molecule has 0 fully saturated rings. The first-order valence-electron chi connectivity index (χ1n) is 11.6. The number of methoxy groups -OCH3 is 2. The number of amides is 1. The first-order chi connectivity index (χ1) is 17.7. The SMILES string of the molecule is COCC(C)n1c(C)cc(C(=O)CSC2=N/C(=C/c3ccco3)C(=O)N2c2ccc(OC)c(Cl)c2)c1C. The number of aromatic nitrogens is 1. The Balaban J connectivity index is 1.62. The number of carbonyl (C=O) groups is 2. The number of hydrogen-bond donors (Lipinski definition) is 0. The summed E-state index contributed by atoms with van der Waals surface area (Å²) >= 11 is 7.53. The minimum Gasteiger partial charge on any atom is -0.495 e. The maximum absolute atomic E-state index is 13.4. The summed E-state index contributed by atoms with van der Waals surface area (Å²) in [7, 11) is 3.18. The second-order valence-electron chi connectivity index (χ2n) is 8.57. The van der Waals surface area contributed by atoms with Crippen molar-refractivity contribution in [2.45, 2.75) is 26.8 Å². The minimum absolute atomic E-state index is 0.0553. The minimum atomic E-state index is -0.348. The predicted molar refractivity (Wildman–Crippen MR) is 147 cm³/mol. The van der Waals surface area contributed by atoms with E-state index in [2.05, 4.69) is 16.5 Å². The topological polar surface area (TPSA) is 86.3 Å². The second kappa shape index (κ2) is 11.4. The van der Waals surface area contributed by atoms with E-state index in [0.717, 1.165) is 11.4 Å². The molecule has 0 bridgehead atoms. The highest BCUT2D eigenvalue weighted by atomic mass is 35.5. The van der Waals surface area contributed by atoms with Gasteiger partial charge in [-0.15, -0.1) is 0 Å². The number of carbonyl (C=O) groups excluding carboxylic acids is 2. The molecule has 8 nitrogen and oxygen atoms in total. The lowest BCUT2D eigenvalue weighted by molar-refractivity contribution is -0.113. The summed E-state index contributed by atoms with van der Waals surface area (Å²) in [6.45, 7) is 6.51. The van der Waals surface area contributed by atoms with E-state index in [4.69, 9.17) is 25.5 Å². The largest absolute Gasteiger partial charge is 0.495 e. The van der Waals surface area contributed by atoms with Gasteiger partial charge in [-0.1, -0.05) is 23.4 Å². The Hall–Kier alpha value is -3.27. The number of nitrogens with zero attached hydrogens (tertiary/aromatic N) is 3. The van der Waals surface area contributed by atoms with Crippen molar-refractivity contribution in [2.75, 3.05) is 31.5 Å². The fourth-order valence-corrected chi connectivity index (χ4v) is 5.53. The van der Waals surface area contributed by atoms with Crippen LogP contribution in [-0.4, -0.2) is 48.0 Å². The van der Waals surface area contributed by atoms with Crippen molar-refractivity contribution < 1.29 is 23.5 Å². The first kappa shape index (κ1) is 26.8. The summed E-state index contributed by atoms with van der Waals surface area (Å²) in [6.07, 6.45) is 3.09. The van der Waals surface area contributed by atoms with Gasteiger partial charge in [0.1, 0.15) is 17.2 Å². The number of ether oxygens (including phenoxy) is 2. The molecule has 10 heteroatoms. The van der Waals surface area contributed by atoms with Gasteiger partial charge < -0.3 is 18.5 Å². The van der Waals surface area contributed by atoms with Crippen molar-refractivity contribution in [3.63, 3.8) is 0 Å². The van der Waals surface area contributed by atoms with Crippen LogP contribution >= 0.6 is 23.4 Å². The summed E-state index contributed by atoms with van der Waals surface area (Å²) in [5.74, 6) is 0.686. The average molecular weight is 542 g/mol. The van der Waals surface area contributed by atoms with Gasteiger partial charge in [0, 0.05) is 30.1 Å². The lowest BCUT2D eigenvalue weighted by Crippen LogP contribution is -2.30. The number of aliphatic imine (C=N–C) groups is 1. The summed E-state index contributed by atoms with van der Waals surface area (Å²) < 4.78 is 18.0. The highest BCUT2D eigenvalue weighted by Crippen LogP contribution is 2.35. The maximum atomic E-state index is 13.4. The lowest BCUT2D eigenvalue weighted by Gasteiger charge is -2.19. The molecule has 0 radical (unpaired) electrons. The molecule has 2 aromatic heterocycles. The van der Waals surface area contributed by atoms with Crippen LogP contribution in [-0.2, 0) is 9.53 Å². The quantitative estimate of drug-likeness (QED) is 0.246. The van der Waals surface area contributed by atoms with Crippen LogP contribution in [0.25, 0.3) is 6.08 Å². The van der Waals surface area contributed by atoms with Crippen molar-refractivity contribution >= 4 is 52.0 Å². The van der Waals surface area contributed by atoms with Crippen molar-refractivity contribution in [2.24, 2.45) is 4.99 Å². The fraction of sp³-hybridized carbons (Fsp3) is 0.296. The van der Waals surface area contributed by atoms with Crippen LogP contribution in [0.15, 0.2) is 57.8 Å². The second-order valence-corrected chi connectivity index (χ2v) is 9.92. The number of amidine groups is 1. The van der Waals surface area contributed by atoms with E-state index in [1.807, 2.05) is 19.9 Å². The Bertz CT molecular complexity index is 1380. The van der Waals surface area contributed by atoms with Gasteiger partial charge in [-0.05, 0) is 57.2 Å². The van der Waals surface area contributed by atoms with Crippen LogP contribution < -0.4 is 9.64 Å². The van der Waals surface area contributed by atoms with Gasteiger partial charge in [0.2, 0.25) is 0 Å². The monoisotopic (exact) mass is 541 g/mol. The Morgan fingerprint density at radius 3 is 2.68 bits per heavy atom. The Kier molecular flexibility index (Phi) is 8.26. The Morgan fingerprint density at radius 2 is 2.03 bits per heavy atom. The number of Topliss-reactive ketones (excluding diaryl/α,β-unsaturated/α-hetero) is 1. The number of furan rings is 1. The van der Waals surface area contributed by atoms with Crippen LogP contribution in [0, 0.1) is 13.8 Å². The average Bonchev–Trinajstić information content (AvgIpc) is 3.56. The molecule has 37 heavy (non-hydrogen) atoms. The van der Waals surface area contributed by atoms with Gasteiger partial charge in [-0.3, -0.25) is 14.5 Å². The molecule has 3 aromatic rings. The van der Waals surface area contributed by atoms with E-state index in [1.165, 1.54) is 30.0 Å². The van der Waals surface area contributed by atoms with Gasteiger partial charge in [-0.25, -0.2) is 4.99 Å². The molecule has 3 heterocycles. The smallest absolute Gasteiger partial charge is 0.283 e. The molecule has 0 saturated carbocycles. The molecule has 1 unspecified atom stereocenters. The van der Waals surface area contributed by atoms with Crippen LogP contribution in [0.1, 0.15) is 40.5 Å². The number of thioether (sulfide) groups is 1. The van der Waals surface area contributed by atoms with E-state index in [9.17, 15) is 9.59 Å². The molecular formula is C27H28ClN3O5S. The van der Waals surface area contributed by atoms with Crippen LogP contribution in [0.5, 0.6) is 5.75 Å². The number of hydrogen-bond acceptors (Lipinski definition) is 7. The van der Waals surface area contributed by atoms with Crippen molar-refractivity contribution in [3.8, 4) is 5.75 Å². The van der Waals surface area contributed by atoms with E-state index in [1.54, 1.807) is 43.5 Å². The number of aryl methyl sites for hydroxylation is 1. The third kappa shape index (κ3) is 5.53. The Morgan fingerprint density at radius 1 is 1.24 bits per heavy atom. The number of halogens is 1. The molecule has 0 N–H and O–H groups in total. The van der Waals surface area contributed by atoms with Crippen LogP contribution in [0.3, 0.4) is 0 Å². The zero-order valence-electron chi connectivity index (χ0n) is 21.3. The van der Waals surface area contributed by atoms with Crippen molar-refractivity contribution in [1.29, 1.82) is 0 Å². The normalized spacial score (nSPS) is 15.4. The van der Waals surface area contributed by atoms with Crippen LogP contribution in [0.4, 0.5) is 5.69 Å². The van der Waals surface area contributed by atoms with E-state index < -0.39 is 0 Å². The molecule has 1 atom stereocenters. The zero-order valence-corrected chi connectivity index (χ0v) is 22.9. The molecule has 0 spiro atoms. The van der Waals surface area contributed by atoms with Gasteiger partial charge in [-0.2, -0.15) is 0 Å². The number of rotatable bonds is 9. The molecule has 194 valence electrons. The van der Waals surface area contributed by atoms with E-state index in [-0.39, 0.29) is 29.2 Å². The number of anilines is 1.